The third-order valence-corrected chi connectivity index (χ3v) is 6.13. The number of benzene rings is 2. The Morgan fingerprint density at radius 1 is 1.13 bits per heavy atom. The molecule has 1 aliphatic rings. The molecule has 1 saturated heterocycles. The second-order valence-corrected chi connectivity index (χ2v) is 8.91. The van der Waals surface area contributed by atoms with Crippen LogP contribution in [0.15, 0.2) is 42.5 Å². The number of carboxylic acid groups (broad SMARTS) is 1. The lowest BCUT2D eigenvalue weighted by molar-refractivity contribution is -0.122. The number of nitrogens with zero attached hydrogens (tertiary/aromatic N) is 1. The van der Waals surface area contributed by atoms with Gasteiger partial charge in [-0.05, 0) is 55.3 Å². The summed E-state index contributed by atoms with van der Waals surface area (Å²) in [6.07, 6.45) is -1.02. The van der Waals surface area contributed by atoms with Crippen LogP contribution < -0.4 is 5.32 Å². The lowest BCUT2D eigenvalue weighted by atomic mass is 9.80. The minimum atomic E-state index is -1.02. The minimum Gasteiger partial charge on any atom is -0.465 e. The standard InChI is InChI=1S/C22H23Cl2FN2O3/c1-22(2,14-7-15(23)9-16(24)8-14)20(28)10-26-19-12-27(21(29)30)11-18(19)13-3-5-17(25)6-4-13/h3-9,18-19,26H,10-12H2,1-2H3,(H,29,30)/t18-,19+/m0/s1. The van der Waals surface area contributed by atoms with Crippen molar-refractivity contribution in [2.24, 2.45) is 0 Å². The average Bonchev–Trinajstić information content (AvgIpc) is 3.10. The smallest absolute Gasteiger partial charge is 0.407 e. The van der Waals surface area contributed by atoms with Crippen LogP contribution in [0.4, 0.5) is 9.18 Å². The van der Waals surface area contributed by atoms with Crippen molar-refractivity contribution >= 4 is 35.1 Å². The third-order valence-electron chi connectivity index (χ3n) is 5.69. The molecule has 3 rings (SSSR count). The monoisotopic (exact) mass is 452 g/mol. The Kier molecular flexibility index (Phi) is 6.70. The number of carbonyl (C=O) groups excluding carboxylic acids is 1. The van der Waals surface area contributed by atoms with E-state index >= 15 is 0 Å². The number of Topliss-reactive ketones (excluding diaryl/α,β-unsaturated/α-hetero) is 1. The maximum absolute atomic E-state index is 13.3. The fourth-order valence-corrected chi connectivity index (χ4v) is 4.26. The molecule has 0 aromatic heterocycles. The van der Waals surface area contributed by atoms with E-state index in [0.29, 0.717) is 15.6 Å². The van der Waals surface area contributed by atoms with E-state index in [-0.39, 0.29) is 43.2 Å². The van der Waals surface area contributed by atoms with E-state index in [4.69, 9.17) is 23.2 Å². The molecule has 1 aliphatic heterocycles. The number of halogens is 3. The predicted molar refractivity (Wildman–Crippen MR) is 115 cm³/mol. The summed E-state index contributed by atoms with van der Waals surface area (Å²) in [6, 6.07) is 10.8. The van der Waals surface area contributed by atoms with Gasteiger partial charge in [-0.2, -0.15) is 0 Å². The van der Waals surface area contributed by atoms with Gasteiger partial charge in [-0.3, -0.25) is 4.79 Å². The molecule has 2 aromatic rings. The Morgan fingerprint density at radius 3 is 2.30 bits per heavy atom. The van der Waals surface area contributed by atoms with Gasteiger partial charge < -0.3 is 15.3 Å². The lowest BCUT2D eigenvalue weighted by Crippen LogP contribution is -2.44. The zero-order valence-electron chi connectivity index (χ0n) is 16.7. The molecule has 1 fully saturated rings. The maximum atomic E-state index is 13.3. The maximum Gasteiger partial charge on any atom is 0.407 e. The van der Waals surface area contributed by atoms with Crippen molar-refractivity contribution in [1.29, 1.82) is 0 Å². The number of hydrogen-bond donors (Lipinski definition) is 2. The Balaban J connectivity index is 1.75. The zero-order valence-corrected chi connectivity index (χ0v) is 18.2. The molecule has 2 N–H and O–H groups in total. The van der Waals surface area contributed by atoms with E-state index in [2.05, 4.69) is 5.32 Å². The summed E-state index contributed by atoms with van der Waals surface area (Å²) in [6.45, 7) is 4.17. The largest absolute Gasteiger partial charge is 0.465 e. The van der Waals surface area contributed by atoms with Crippen LogP contribution in [0.25, 0.3) is 0 Å². The molecule has 5 nitrogen and oxygen atoms in total. The molecule has 160 valence electrons. The molecule has 30 heavy (non-hydrogen) atoms. The molecule has 8 heteroatoms. The first-order chi connectivity index (χ1) is 14.1. The van der Waals surface area contributed by atoms with Gasteiger partial charge in [-0.25, -0.2) is 9.18 Å². The molecular formula is C22H23Cl2FN2O3. The first-order valence-electron chi connectivity index (χ1n) is 9.54. The molecule has 0 spiro atoms. The Hall–Kier alpha value is -2.15. The third kappa shape index (κ3) is 4.94. The van der Waals surface area contributed by atoms with Crippen molar-refractivity contribution in [2.45, 2.75) is 31.2 Å². The summed E-state index contributed by atoms with van der Waals surface area (Å²) in [5, 5.41) is 13.5. The highest BCUT2D eigenvalue weighted by atomic mass is 35.5. The van der Waals surface area contributed by atoms with Gasteiger partial charge in [0.15, 0.2) is 5.78 Å². The van der Waals surface area contributed by atoms with E-state index < -0.39 is 11.5 Å². The zero-order chi connectivity index (χ0) is 22.1. The number of carbonyl (C=O) groups is 2. The van der Waals surface area contributed by atoms with Crippen molar-refractivity contribution < 1.29 is 19.1 Å². The summed E-state index contributed by atoms with van der Waals surface area (Å²) in [7, 11) is 0. The summed E-state index contributed by atoms with van der Waals surface area (Å²) in [5.41, 5.74) is 0.698. The van der Waals surface area contributed by atoms with E-state index in [9.17, 15) is 19.1 Å². The van der Waals surface area contributed by atoms with Crippen LogP contribution in [0.5, 0.6) is 0 Å². The number of likely N-dealkylation sites (tertiary alicyclic amines) is 1. The molecule has 2 atom stereocenters. The van der Waals surface area contributed by atoms with Crippen molar-refractivity contribution in [1.82, 2.24) is 10.2 Å². The summed E-state index contributed by atoms with van der Waals surface area (Å²) in [4.78, 5) is 25.8. The SMILES string of the molecule is CC(C)(C(=O)CN[C@@H]1CN(C(=O)O)C[C@H]1c1ccc(F)cc1)c1cc(Cl)cc(Cl)c1. The molecule has 0 radical (unpaired) electrons. The molecule has 0 bridgehead atoms. The van der Waals surface area contributed by atoms with Crippen LogP contribution in [-0.4, -0.2) is 47.6 Å². The number of amides is 1. The Labute approximate surface area is 184 Å². The van der Waals surface area contributed by atoms with Crippen LogP contribution in [0.1, 0.15) is 30.9 Å². The number of nitrogens with one attached hydrogen (secondary N) is 1. The Bertz CT molecular complexity index is 930. The molecule has 0 aliphatic carbocycles. The van der Waals surface area contributed by atoms with Gasteiger partial charge in [0.05, 0.1) is 6.54 Å². The van der Waals surface area contributed by atoms with Crippen LogP contribution in [0.3, 0.4) is 0 Å². The van der Waals surface area contributed by atoms with Crippen LogP contribution in [0.2, 0.25) is 10.0 Å². The molecule has 1 amide bonds. The lowest BCUT2D eigenvalue weighted by Gasteiger charge is -2.26. The normalized spacial score (nSPS) is 19.2. The van der Waals surface area contributed by atoms with Crippen molar-refractivity contribution in [3.8, 4) is 0 Å². The van der Waals surface area contributed by atoms with Gasteiger partial charge in [0.25, 0.3) is 0 Å². The first-order valence-corrected chi connectivity index (χ1v) is 10.3. The second-order valence-electron chi connectivity index (χ2n) is 8.04. The van der Waals surface area contributed by atoms with Gasteiger partial charge in [-0.1, -0.05) is 35.3 Å². The number of rotatable bonds is 6. The van der Waals surface area contributed by atoms with E-state index in [1.165, 1.54) is 17.0 Å². The van der Waals surface area contributed by atoms with Crippen molar-refractivity contribution in [2.75, 3.05) is 19.6 Å². The van der Waals surface area contributed by atoms with Crippen LogP contribution in [0, 0.1) is 5.82 Å². The Morgan fingerprint density at radius 2 is 1.73 bits per heavy atom. The average molecular weight is 453 g/mol. The van der Waals surface area contributed by atoms with E-state index in [1.807, 2.05) is 0 Å². The van der Waals surface area contributed by atoms with Gasteiger partial charge in [0.2, 0.25) is 0 Å². The number of ketones is 1. The highest BCUT2D eigenvalue weighted by Gasteiger charge is 2.37. The molecular weight excluding hydrogens is 430 g/mol. The number of hydrogen-bond acceptors (Lipinski definition) is 3. The fraction of sp³-hybridized carbons (Fsp3) is 0.364. The highest BCUT2D eigenvalue weighted by molar-refractivity contribution is 6.34. The van der Waals surface area contributed by atoms with E-state index in [0.717, 1.165) is 5.56 Å². The highest BCUT2D eigenvalue weighted by Crippen LogP contribution is 2.31. The van der Waals surface area contributed by atoms with Crippen LogP contribution >= 0.6 is 23.2 Å². The van der Waals surface area contributed by atoms with Gasteiger partial charge in [0.1, 0.15) is 5.82 Å². The van der Waals surface area contributed by atoms with Gasteiger partial charge in [0, 0.05) is 40.5 Å². The molecule has 2 aromatic carbocycles. The molecule has 1 heterocycles. The summed E-state index contributed by atoms with van der Waals surface area (Å²) >= 11 is 12.2. The summed E-state index contributed by atoms with van der Waals surface area (Å²) in [5.74, 6) is -0.612. The predicted octanol–water partition coefficient (Wildman–Crippen LogP) is 4.71. The summed E-state index contributed by atoms with van der Waals surface area (Å²) < 4.78 is 13.3. The quantitative estimate of drug-likeness (QED) is 0.665. The second kappa shape index (κ2) is 8.92. The molecule has 0 saturated carbocycles. The fourth-order valence-electron chi connectivity index (χ4n) is 3.73. The van der Waals surface area contributed by atoms with Crippen molar-refractivity contribution in [3.63, 3.8) is 0 Å². The van der Waals surface area contributed by atoms with E-state index in [1.54, 1.807) is 44.2 Å². The first kappa shape index (κ1) is 22.5. The van der Waals surface area contributed by atoms with Gasteiger partial charge >= 0.3 is 6.09 Å². The minimum absolute atomic E-state index is 0.0486. The molecule has 0 unspecified atom stereocenters. The van der Waals surface area contributed by atoms with Crippen LogP contribution in [-0.2, 0) is 10.2 Å². The topological polar surface area (TPSA) is 69.6 Å². The van der Waals surface area contributed by atoms with Crippen molar-refractivity contribution in [3.05, 3.63) is 69.5 Å². The van der Waals surface area contributed by atoms with Gasteiger partial charge in [-0.15, -0.1) is 0 Å².